The van der Waals surface area contributed by atoms with E-state index in [0.717, 1.165) is 30.3 Å². The maximum Gasteiger partial charge on any atom is 0.241 e. The van der Waals surface area contributed by atoms with E-state index in [4.69, 9.17) is 4.74 Å². The predicted molar refractivity (Wildman–Crippen MR) is 75.0 cm³/mol. The minimum absolute atomic E-state index is 0.00565. The minimum Gasteiger partial charge on any atom is -0.495 e. The summed E-state index contributed by atoms with van der Waals surface area (Å²) in [5.74, 6) is 0.674. The van der Waals surface area contributed by atoms with Crippen molar-refractivity contribution >= 4 is 27.5 Å². The quantitative estimate of drug-likeness (QED) is 0.901. The Balaban J connectivity index is 2.07. The fourth-order valence-electron chi connectivity index (χ4n) is 2.07. The number of benzene rings is 1. The zero-order valence-corrected chi connectivity index (χ0v) is 11.9. The first-order valence-corrected chi connectivity index (χ1v) is 6.88. The summed E-state index contributed by atoms with van der Waals surface area (Å²) in [6.07, 6.45) is 3.13. The second kappa shape index (κ2) is 6.20. The maximum absolute atomic E-state index is 12.1. The molecule has 98 valence electrons. The zero-order valence-electron chi connectivity index (χ0n) is 10.3. The van der Waals surface area contributed by atoms with Crippen molar-refractivity contribution in [3.8, 4) is 5.75 Å². The molecule has 2 N–H and O–H groups in total. The van der Waals surface area contributed by atoms with E-state index < -0.39 is 0 Å². The Bertz CT molecular complexity index is 431. The molecule has 1 atom stereocenters. The van der Waals surface area contributed by atoms with Gasteiger partial charge < -0.3 is 15.4 Å². The third kappa shape index (κ3) is 3.23. The zero-order chi connectivity index (χ0) is 13.0. The van der Waals surface area contributed by atoms with Gasteiger partial charge in [-0.15, -0.1) is 0 Å². The first-order chi connectivity index (χ1) is 8.70. The van der Waals surface area contributed by atoms with Gasteiger partial charge in [0.1, 0.15) is 5.75 Å². The van der Waals surface area contributed by atoms with Crippen molar-refractivity contribution in [2.45, 2.75) is 25.3 Å². The number of amides is 1. The van der Waals surface area contributed by atoms with E-state index in [0.29, 0.717) is 11.4 Å². The van der Waals surface area contributed by atoms with E-state index >= 15 is 0 Å². The highest BCUT2D eigenvalue weighted by molar-refractivity contribution is 9.10. The lowest BCUT2D eigenvalue weighted by atomic mass is 10.0. The van der Waals surface area contributed by atoms with Gasteiger partial charge in [-0.1, -0.05) is 22.4 Å². The lowest BCUT2D eigenvalue weighted by Gasteiger charge is -2.23. The van der Waals surface area contributed by atoms with Gasteiger partial charge in [0, 0.05) is 4.47 Å². The molecule has 0 aliphatic carbocycles. The number of anilines is 1. The van der Waals surface area contributed by atoms with Gasteiger partial charge in [0.15, 0.2) is 0 Å². The number of methoxy groups -OCH3 is 1. The highest BCUT2D eigenvalue weighted by Gasteiger charge is 2.21. The molecule has 1 amide bonds. The topological polar surface area (TPSA) is 50.4 Å². The Hall–Kier alpha value is -1.07. The molecule has 0 aromatic heterocycles. The molecule has 5 heteroatoms. The molecule has 0 bridgehead atoms. The number of rotatable bonds is 3. The van der Waals surface area contributed by atoms with E-state index in [1.807, 2.05) is 18.2 Å². The Morgan fingerprint density at radius 1 is 1.50 bits per heavy atom. The van der Waals surface area contributed by atoms with Gasteiger partial charge in [0.05, 0.1) is 18.8 Å². The van der Waals surface area contributed by atoms with E-state index in [1.54, 1.807) is 7.11 Å². The average molecular weight is 313 g/mol. The molecule has 0 radical (unpaired) electrons. The molecule has 1 aromatic carbocycles. The van der Waals surface area contributed by atoms with Crippen molar-refractivity contribution in [3.63, 3.8) is 0 Å². The summed E-state index contributed by atoms with van der Waals surface area (Å²) in [4.78, 5) is 12.1. The van der Waals surface area contributed by atoms with E-state index in [1.165, 1.54) is 0 Å². The van der Waals surface area contributed by atoms with Crippen LogP contribution in [-0.2, 0) is 4.79 Å². The van der Waals surface area contributed by atoms with E-state index in [2.05, 4.69) is 26.6 Å². The van der Waals surface area contributed by atoms with Crippen molar-refractivity contribution in [1.29, 1.82) is 0 Å². The van der Waals surface area contributed by atoms with Crippen molar-refractivity contribution in [1.82, 2.24) is 5.32 Å². The number of ether oxygens (including phenoxy) is 1. The van der Waals surface area contributed by atoms with Crippen LogP contribution in [0.1, 0.15) is 19.3 Å². The number of piperidine rings is 1. The second-order valence-corrected chi connectivity index (χ2v) is 5.25. The molecular formula is C13H17BrN2O2. The van der Waals surface area contributed by atoms with Crippen LogP contribution in [0, 0.1) is 0 Å². The summed E-state index contributed by atoms with van der Waals surface area (Å²) >= 11 is 3.39. The fourth-order valence-corrected chi connectivity index (χ4v) is 2.43. The Kier molecular flexibility index (Phi) is 4.60. The molecule has 0 unspecified atom stereocenters. The lowest BCUT2D eigenvalue weighted by molar-refractivity contribution is -0.118. The summed E-state index contributed by atoms with van der Waals surface area (Å²) in [5.41, 5.74) is 0.698. The van der Waals surface area contributed by atoms with E-state index in [-0.39, 0.29) is 11.9 Å². The van der Waals surface area contributed by atoms with Gasteiger partial charge in [-0.2, -0.15) is 0 Å². The van der Waals surface area contributed by atoms with Crippen LogP contribution in [0.3, 0.4) is 0 Å². The van der Waals surface area contributed by atoms with Crippen LogP contribution in [0.25, 0.3) is 0 Å². The number of carbonyl (C=O) groups is 1. The molecule has 2 rings (SSSR count). The normalized spacial score (nSPS) is 19.3. The van der Waals surface area contributed by atoms with Gasteiger partial charge in [0.25, 0.3) is 0 Å². The summed E-state index contributed by atoms with van der Waals surface area (Å²) in [6.45, 7) is 0.910. The predicted octanol–water partition coefficient (Wildman–Crippen LogP) is 2.54. The van der Waals surface area contributed by atoms with Gasteiger partial charge in [-0.05, 0) is 37.6 Å². The van der Waals surface area contributed by atoms with Crippen LogP contribution >= 0.6 is 15.9 Å². The largest absolute Gasteiger partial charge is 0.495 e. The molecule has 1 aliphatic rings. The van der Waals surface area contributed by atoms with Crippen molar-refractivity contribution in [2.24, 2.45) is 0 Å². The smallest absolute Gasteiger partial charge is 0.241 e. The summed E-state index contributed by atoms with van der Waals surface area (Å²) < 4.78 is 6.14. The molecule has 1 heterocycles. The molecular weight excluding hydrogens is 296 g/mol. The maximum atomic E-state index is 12.1. The summed E-state index contributed by atoms with van der Waals surface area (Å²) in [7, 11) is 1.59. The standard InChI is InChI=1S/C13H17BrN2O2/c1-18-12-6-5-9(14)8-11(12)16-13(17)10-4-2-3-7-15-10/h5-6,8,10,15H,2-4,7H2,1H3,(H,16,17)/t10-/m0/s1. The molecule has 1 aliphatic heterocycles. The Morgan fingerprint density at radius 3 is 3.00 bits per heavy atom. The minimum atomic E-state index is -0.0950. The molecule has 18 heavy (non-hydrogen) atoms. The van der Waals surface area contributed by atoms with Gasteiger partial charge in [-0.3, -0.25) is 4.79 Å². The Morgan fingerprint density at radius 2 is 2.33 bits per heavy atom. The molecule has 0 spiro atoms. The van der Waals surface area contributed by atoms with Crippen LogP contribution in [0.2, 0.25) is 0 Å². The number of carbonyl (C=O) groups excluding carboxylic acids is 1. The van der Waals surface area contributed by atoms with Crippen molar-refractivity contribution in [3.05, 3.63) is 22.7 Å². The Labute approximate surface area is 115 Å². The number of hydrogen-bond acceptors (Lipinski definition) is 3. The molecule has 4 nitrogen and oxygen atoms in total. The third-order valence-electron chi connectivity index (χ3n) is 3.05. The van der Waals surface area contributed by atoms with Crippen LogP contribution in [0.5, 0.6) is 5.75 Å². The van der Waals surface area contributed by atoms with Crippen LogP contribution < -0.4 is 15.4 Å². The summed E-state index contributed by atoms with van der Waals surface area (Å²) in [5, 5.41) is 6.14. The molecule has 0 saturated carbocycles. The third-order valence-corrected chi connectivity index (χ3v) is 3.54. The highest BCUT2D eigenvalue weighted by atomic mass is 79.9. The monoisotopic (exact) mass is 312 g/mol. The van der Waals surface area contributed by atoms with Crippen LogP contribution in [0.4, 0.5) is 5.69 Å². The lowest BCUT2D eigenvalue weighted by Crippen LogP contribution is -2.43. The van der Waals surface area contributed by atoms with Crippen molar-refractivity contribution < 1.29 is 9.53 Å². The van der Waals surface area contributed by atoms with E-state index in [9.17, 15) is 4.79 Å². The van der Waals surface area contributed by atoms with Gasteiger partial charge in [0.2, 0.25) is 5.91 Å². The molecule has 1 aromatic rings. The second-order valence-electron chi connectivity index (χ2n) is 4.34. The first-order valence-electron chi connectivity index (χ1n) is 6.08. The van der Waals surface area contributed by atoms with Gasteiger partial charge >= 0.3 is 0 Å². The molecule has 1 saturated heterocycles. The first kappa shape index (κ1) is 13.4. The van der Waals surface area contributed by atoms with Crippen molar-refractivity contribution in [2.75, 3.05) is 19.0 Å². The van der Waals surface area contributed by atoms with Gasteiger partial charge in [-0.25, -0.2) is 0 Å². The number of halogens is 1. The average Bonchev–Trinajstić information content (AvgIpc) is 2.40. The van der Waals surface area contributed by atoms with Crippen LogP contribution in [0.15, 0.2) is 22.7 Å². The summed E-state index contributed by atoms with van der Waals surface area (Å²) in [6, 6.07) is 5.46. The molecule has 1 fully saturated rings. The van der Waals surface area contributed by atoms with Crippen LogP contribution in [-0.4, -0.2) is 25.6 Å². The SMILES string of the molecule is COc1ccc(Br)cc1NC(=O)[C@@H]1CCCCN1. The number of nitrogens with one attached hydrogen (secondary N) is 2. The number of hydrogen-bond donors (Lipinski definition) is 2. The highest BCUT2D eigenvalue weighted by Crippen LogP contribution is 2.28. The fraction of sp³-hybridized carbons (Fsp3) is 0.462.